The van der Waals surface area contributed by atoms with Gasteiger partial charge in [0.25, 0.3) is 5.91 Å². The van der Waals surface area contributed by atoms with Crippen molar-refractivity contribution in [2.45, 2.75) is 77.2 Å². The minimum atomic E-state index is 0.0326. The number of amides is 1. The molecule has 25 heavy (non-hydrogen) atoms. The van der Waals surface area contributed by atoms with Crippen LogP contribution in [0.5, 0.6) is 0 Å². The first-order chi connectivity index (χ1) is 12.2. The molecule has 2 aliphatic rings. The van der Waals surface area contributed by atoms with Gasteiger partial charge >= 0.3 is 0 Å². The zero-order valence-electron chi connectivity index (χ0n) is 15.3. The van der Waals surface area contributed by atoms with Crippen LogP contribution in [0.15, 0.2) is 0 Å². The van der Waals surface area contributed by atoms with Gasteiger partial charge < -0.3 is 10.6 Å². The molecule has 0 aromatic carbocycles. The van der Waals surface area contributed by atoms with Crippen molar-refractivity contribution in [3.05, 3.63) is 16.0 Å². The fraction of sp³-hybridized carbons (Fsp3) is 0.700. The van der Waals surface area contributed by atoms with E-state index in [1.807, 2.05) is 0 Å². The largest absolute Gasteiger partial charge is 0.336 e. The van der Waals surface area contributed by atoms with E-state index in [0.717, 1.165) is 24.3 Å². The Balaban J connectivity index is 1.57. The molecule has 0 radical (unpaired) electrons. The van der Waals surface area contributed by atoms with Gasteiger partial charge in [0.15, 0.2) is 6.54 Å². The van der Waals surface area contributed by atoms with E-state index in [9.17, 15) is 10.1 Å². The molecule has 1 amide bonds. The van der Waals surface area contributed by atoms with E-state index in [1.165, 1.54) is 55.4 Å². The second kappa shape index (κ2) is 8.82. The summed E-state index contributed by atoms with van der Waals surface area (Å²) in [5.74, 6) is 0.708. The number of nitriles is 1. The van der Waals surface area contributed by atoms with Gasteiger partial charge in [0.05, 0.1) is 11.6 Å². The highest BCUT2D eigenvalue weighted by Gasteiger charge is 2.25. The molecule has 1 aromatic rings. The number of rotatable bonds is 4. The van der Waals surface area contributed by atoms with Gasteiger partial charge in [-0.05, 0) is 56.4 Å². The molecule has 1 heterocycles. The Hall–Kier alpha value is -1.38. The number of nitrogens with one attached hydrogen (secondary N) is 1. The lowest BCUT2D eigenvalue weighted by atomic mass is 9.89. The zero-order chi connectivity index (χ0) is 17.6. The lowest BCUT2D eigenvalue weighted by molar-refractivity contribution is -0.680. The molecule has 0 unspecified atom stereocenters. The first-order valence-corrected chi connectivity index (χ1v) is 10.7. The van der Waals surface area contributed by atoms with Gasteiger partial charge in [-0.25, -0.2) is 0 Å². The summed E-state index contributed by atoms with van der Waals surface area (Å²) in [6.07, 6.45) is 12.2. The Bertz CT molecular complexity index is 638. The van der Waals surface area contributed by atoms with Crippen LogP contribution < -0.4 is 10.6 Å². The van der Waals surface area contributed by atoms with Crippen molar-refractivity contribution in [1.82, 2.24) is 0 Å². The van der Waals surface area contributed by atoms with Crippen LogP contribution >= 0.6 is 11.3 Å². The number of hydrogen-bond acceptors (Lipinski definition) is 3. The number of anilines is 1. The van der Waals surface area contributed by atoms with Crippen molar-refractivity contribution in [2.75, 3.05) is 11.9 Å². The van der Waals surface area contributed by atoms with E-state index in [2.05, 4.69) is 23.6 Å². The molecule has 0 spiro atoms. The lowest BCUT2D eigenvalue weighted by Gasteiger charge is -2.17. The van der Waals surface area contributed by atoms with Gasteiger partial charge in [-0.3, -0.25) is 4.79 Å². The fourth-order valence-electron chi connectivity index (χ4n) is 4.13. The van der Waals surface area contributed by atoms with Gasteiger partial charge in [-0.1, -0.05) is 26.2 Å². The van der Waals surface area contributed by atoms with Gasteiger partial charge in [-0.15, -0.1) is 11.3 Å². The van der Waals surface area contributed by atoms with Crippen LogP contribution in [0.1, 0.15) is 74.3 Å². The number of carbonyl (C=O) groups is 1. The van der Waals surface area contributed by atoms with Crippen molar-refractivity contribution >= 4 is 22.2 Å². The first kappa shape index (κ1) is 18.4. The van der Waals surface area contributed by atoms with Crippen LogP contribution in [-0.2, 0) is 17.6 Å². The molecular formula is C20H30N3OS+. The van der Waals surface area contributed by atoms with Crippen molar-refractivity contribution < 1.29 is 10.1 Å². The molecule has 2 aliphatic carbocycles. The SMILES string of the molecule is C[C@@H]1CCc2c(sc(NC(=O)C[NH2+]C3CCCCCCC3)c2C#N)C1. The molecule has 3 N–H and O–H groups in total. The Morgan fingerprint density at radius 1 is 1.24 bits per heavy atom. The van der Waals surface area contributed by atoms with E-state index < -0.39 is 0 Å². The molecule has 0 aliphatic heterocycles. The average Bonchev–Trinajstić information content (AvgIpc) is 2.89. The van der Waals surface area contributed by atoms with Gasteiger partial charge in [0.1, 0.15) is 11.1 Å². The molecule has 1 atom stereocenters. The Kier molecular flexibility index (Phi) is 6.50. The normalized spacial score (nSPS) is 21.7. The summed E-state index contributed by atoms with van der Waals surface area (Å²) in [5, 5.41) is 15.5. The van der Waals surface area contributed by atoms with E-state index in [1.54, 1.807) is 11.3 Å². The molecule has 1 saturated carbocycles. The highest BCUT2D eigenvalue weighted by atomic mass is 32.1. The summed E-state index contributed by atoms with van der Waals surface area (Å²) < 4.78 is 0. The number of nitrogens with zero attached hydrogens (tertiary/aromatic N) is 1. The third-order valence-electron chi connectivity index (χ3n) is 5.66. The number of fused-ring (bicyclic) bond motifs is 1. The average molecular weight is 361 g/mol. The molecule has 4 nitrogen and oxygen atoms in total. The monoisotopic (exact) mass is 360 g/mol. The minimum Gasteiger partial charge on any atom is -0.336 e. The molecule has 1 aromatic heterocycles. The molecule has 5 heteroatoms. The molecule has 0 bridgehead atoms. The number of carbonyl (C=O) groups excluding carboxylic acids is 1. The van der Waals surface area contributed by atoms with Crippen LogP contribution in [0.2, 0.25) is 0 Å². The smallest absolute Gasteiger partial charge is 0.280 e. The summed E-state index contributed by atoms with van der Waals surface area (Å²) >= 11 is 1.62. The maximum atomic E-state index is 12.4. The van der Waals surface area contributed by atoms with Gasteiger partial charge in [0.2, 0.25) is 0 Å². The maximum Gasteiger partial charge on any atom is 0.280 e. The summed E-state index contributed by atoms with van der Waals surface area (Å²) in [6, 6.07) is 2.91. The van der Waals surface area contributed by atoms with Gasteiger partial charge in [0, 0.05) is 4.88 Å². The predicted octanol–water partition coefficient (Wildman–Crippen LogP) is 3.36. The van der Waals surface area contributed by atoms with Crippen molar-refractivity contribution in [2.24, 2.45) is 5.92 Å². The van der Waals surface area contributed by atoms with E-state index in [0.29, 0.717) is 24.1 Å². The number of nitrogens with two attached hydrogens (primary N) is 1. The number of hydrogen-bond donors (Lipinski definition) is 2. The summed E-state index contributed by atoms with van der Waals surface area (Å²) in [4.78, 5) is 13.7. The molecule has 0 saturated heterocycles. The zero-order valence-corrected chi connectivity index (χ0v) is 16.1. The summed E-state index contributed by atoms with van der Waals surface area (Å²) in [5.41, 5.74) is 1.90. The van der Waals surface area contributed by atoms with Crippen LogP contribution in [0, 0.1) is 17.2 Å². The lowest BCUT2D eigenvalue weighted by Crippen LogP contribution is -2.91. The summed E-state index contributed by atoms with van der Waals surface area (Å²) in [6.45, 7) is 2.73. The van der Waals surface area contributed by atoms with Crippen molar-refractivity contribution in [1.29, 1.82) is 5.26 Å². The third kappa shape index (κ3) is 4.83. The van der Waals surface area contributed by atoms with E-state index >= 15 is 0 Å². The predicted molar refractivity (Wildman–Crippen MR) is 102 cm³/mol. The Morgan fingerprint density at radius 2 is 1.96 bits per heavy atom. The highest BCUT2D eigenvalue weighted by Crippen LogP contribution is 2.39. The Labute approximate surface area is 155 Å². The maximum absolute atomic E-state index is 12.4. The second-order valence-corrected chi connectivity index (χ2v) is 8.87. The molecule has 1 fully saturated rings. The number of quaternary nitrogens is 1. The topological polar surface area (TPSA) is 69.5 Å². The quantitative estimate of drug-likeness (QED) is 0.864. The first-order valence-electron chi connectivity index (χ1n) is 9.85. The minimum absolute atomic E-state index is 0.0326. The molecule has 3 rings (SSSR count). The number of thiophene rings is 1. The van der Waals surface area contributed by atoms with Crippen molar-refractivity contribution in [3.8, 4) is 6.07 Å². The van der Waals surface area contributed by atoms with E-state index in [4.69, 9.17) is 0 Å². The van der Waals surface area contributed by atoms with Crippen molar-refractivity contribution in [3.63, 3.8) is 0 Å². The van der Waals surface area contributed by atoms with Crippen LogP contribution in [0.4, 0.5) is 5.00 Å². The Morgan fingerprint density at radius 3 is 2.68 bits per heavy atom. The molecule has 136 valence electrons. The summed E-state index contributed by atoms with van der Waals surface area (Å²) in [7, 11) is 0. The fourth-order valence-corrected chi connectivity index (χ4v) is 5.51. The van der Waals surface area contributed by atoms with Crippen LogP contribution in [0.3, 0.4) is 0 Å². The molecular weight excluding hydrogens is 330 g/mol. The van der Waals surface area contributed by atoms with Gasteiger partial charge in [-0.2, -0.15) is 5.26 Å². The van der Waals surface area contributed by atoms with E-state index in [-0.39, 0.29) is 5.91 Å². The standard InChI is InChI=1S/C20H29N3OS/c1-14-9-10-16-17(12-21)20(25-18(16)11-14)23-19(24)13-22-15-7-5-3-2-4-6-8-15/h14-15,22H,2-11,13H2,1H3,(H,23,24)/p+1/t14-/m1/s1. The van der Waals surface area contributed by atoms with Crippen LogP contribution in [-0.4, -0.2) is 18.5 Å². The van der Waals surface area contributed by atoms with Crippen LogP contribution in [0.25, 0.3) is 0 Å². The third-order valence-corrected chi connectivity index (χ3v) is 6.83. The highest BCUT2D eigenvalue weighted by molar-refractivity contribution is 7.16. The second-order valence-electron chi connectivity index (χ2n) is 7.76.